The molecule has 1 aromatic heterocycles. The largest absolute Gasteiger partial charge is 0.268 e. The zero-order valence-corrected chi connectivity index (χ0v) is 12.3. The van der Waals surface area contributed by atoms with E-state index in [1.807, 2.05) is 6.07 Å². The van der Waals surface area contributed by atoms with Crippen LogP contribution in [-0.4, -0.2) is 12.4 Å². The first-order valence-electron chi connectivity index (χ1n) is 6.05. The van der Waals surface area contributed by atoms with E-state index < -0.39 is 10.0 Å². The molecule has 0 saturated heterocycles. The van der Waals surface area contributed by atoms with Crippen LogP contribution in [0.1, 0.15) is 5.56 Å². The molecule has 2 aromatic carbocycles. The molecule has 104 valence electrons. The summed E-state index contributed by atoms with van der Waals surface area (Å²) < 4.78 is 26.5. The highest BCUT2D eigenvalue weighted by Gasteiger charge is 2.20. The number of halogens is 1. The standard InChI is InChI=1S/C15H9ClN2O2S/c16-14-10-18(15-8-11(9-17)6-7-13(14)15)21(19,20)12-4-2-1-3-5-12/h1-8,10H. The van der Waals surface area contributed by atoms with Crippen LogP contribution in [0.5, 0.6) is 0 Å². The number of fused-ring (bicyclic) bond motifs is 1. The molecule has 4 nitrogen and oxygen atoms in total. The number of hydrogen-bond donors (Lipinski definition) is 0. The lowest BCUT2D eigenvalue weighted by molar-refractivity contribution is 0.589. The van der Waals surface area contributed by atoms with E-state index in [1.54, 1.807) is 30.3 Å². The molecule has 0 aliphatic rings. The maximum Gasteiger partial charge on any atom is 0.268 e. The number of benzene rings is 2. The van der Waals surface area contributed by atoms with Crippen molar-refractivity contribution >= 4 is 32.5 Å². The second-order valence-corrected chi connectivity index (χ2v) is 6.66. The van der Waals surface area contributed by atoms with E-state index in [0.29, 0.717) is 21.5 Å². The normalized spacial score (nSPS) is 11.4. The Bertz CT molecular complexity index is 970. The Labute approximate surface area is 126 Å². The van der Waals surface area contributed by atoms with E-state index >= 15 is 0 Å². The average Bonchev–Trinajstić information content (AvgIpc) is 2.85. The van der Waals surface area contributed by atoms with Gasteiger partial charge in [0.2, 0.25) is 0 Å². The topological polar surface area (TPSA) is 62.9 Å². The third kappa shape index (κ3) is 2.19. The van der Waals surface area contributed by atoms with Crippen molar-refractivity contribution in [2.75, 3.05) is 0 Å². The SMILES string of the molecule is N#Cc1ccc2c(Cl)cn(S(=O)(=O)c3ccccc3)c2c1. The van der Waals surface area contributed by atoms with Gasteiger partial charge in [0, 0.05) is 11.6 Å². The molecule has 0 aliphatic carbocycles. The van der Waals surface area contributed by atoms with Crippen molar-refractivity contribution in [2.24, 2.45) is 0 Å². The van der Waals surface area contributed by atoms with E-state index in [4.69, 9.17) is 16.9 Å². The first-order valence-corrected chi connectivity index (χ1v) is 7.87. The Kier molecular flexibility index (Phi) is 3.20. The molecule has 21 heavy (non-hydrogen) atoms. The van der Waals surface area contributed by atoms with Crippen molar-refractivity contribution in [2.45, 2.75) is 4.90 Å². The minimum absolute atomic E-state index is 0.168. The van der Waals surface area contributed by atoms with Crippen LogP contribution >= 0.6 is 11.6 Å². The molecule has 0 fully saturated rings. The van der Waals surface area contributed by atoms with Crippen LogP contribution in [0.25, 0.3) is 10.9 Å². The highest BCUT2D eigenvalue weighted by Crippen LogP contribution is 2.29. The molecule has 0 spiro atoms. The van der Waals surface area contributed by atoms with Gasteiger partial charge >= 0.3 is 0 Å². The molecule has 0 atom stereocenters. The average molecular weight is 317 g/mol. The van der Waals surface area contributed by atoms with Gasteiger partial charge in [-0.2, -0.15) is 5.26 Å². The van der Waals surface area contributed by atoms with Crippen LogP contribution in [0.4, 0.5) is 0 Å². The Morgan fingerprint density at radius 2 is 1.81 bits per heavy atom. The summed E-state index contributed by atoms with van der Waals surface area (Å²) in [6.45, 7) is 0. The van der Waals surface area contributed by atoms with Crippen molar-refractivity contribution in [3.05, 3.63) is 65.3 Å². The van der Waals surface area contributed by atoms with E-state index in [0.717, 1.165) is 3.97 Å². The lowest BCUT2D eigenvalue weighted by Crippen LogP contribution is -2.11. The number of aromatic nitrogens is 1. The first kappa shape index (κ1) is 13.7. The molecular weight excluding hydrogens is 308 g/mol. The third-order valence-corrected chi connectivity index (χ3v) is 5.14. The minimum Gasteiger partial charge on any atom is -0.240 e. The molecule has 0 N–H and O–H groups in total. The molecule has 0 bridgehead atoms. The van der Waals surface area contributed by atoms with Crippen LogP contribution in [0, 0.1) is 11.3 Å². The lowest BCUT2D eigenvalue weighted by atomic mass is 10.2. The Morgan fingerprint density at radius 3 is 2.48 bits per heavy atom. The molecule has 0 aliphatic heterocycles. The summed E-state index contributed by atoms with van der Waals surface area (Å²) in [6.07, 6.45) is 1.36. The fourth-order valence-electron chi connectivity index (χ4n) is 2.13. The highest BCUT2D eigenvalue weighted by atomic mass is 35.5. The summed E-state index contributed by atoms with van der Waals surface area (Å²) in [6, 6.07) is 14.8. The van der Waals surface area contributed by atoms with E-state index in [9.17, 15) is 8.42 Å². The zero-order chi connectivity index (χ0) is 15.0. The predicted octanol–water partition coefficient (Wildman–Crippen LogP) is 3.40. The zero-order valence-electron chi connectivity index (χ0n) is 10.7. The molecule has 0 saturated carbocycles. The van der Waals surface area contributed by atoms with Gasteiger partial charge in [-0.3, -0.25) is 0 Å². The molecule has 0 amide bonds. The van der Waals surface area contributed by atoms with Gasteiger partial charge in [-0.15, -0.1) is 0 Å². The van der Waals surface area contributed by atoms with Crippen molar-refractivity contribution in [3.63, 3.8) is 0 Å². The quantitative estimate of drug-likeness (QED) is 0.728. The molecule has 0 radical (unpaired) electrons. The molecular formula is C15H9ClN2O2S. The molecule has 6 heteroatoms. The smallest absolute Gasteiger partial charge is 0.240 e. The second-order valence-electron chi connectivity index (χ2n) is 4.43. The summed E-state index contributed by atoms with van der Waals surface area (Å²) in [5.41, 5.74) is 0.768. The van der Waals surface area contributed by atoms with E-state index in [-0.39, 0.29) is 4.90 Å². The van der Waals surface area contributed by atoms with Gasteiger partial charge in [0.05, 0.1) is 27.1 Å². The van der Waals surface area contributed by atoms with E-state index in [1.165, 1.54) is 24.4 Å². The number of rotatable bonds is 2. The number of hydrogen-bond acceptors (Lipinski definition) is 3. The fraction of sp³-hybridized carbons (Fsp3) is 0. The summed E-state index contributed by atoms with van der Waals surface area (Å²) in [4.78, 5) is 0.168. The van der Waals surface area contributed by atoms with Crippen molar-refractivity contribution in [1.29, 1.82) is 5.26 Å². The van der Waals surface area contributed by atoms with Gasteiger partial charge in [0.25, 0.3) is 10.0 Å². The Balaban J connectivity index is 2.33. The van der Waals surface area contributed by atoms with Crippen LogP contribution < -0.4 is 0 Å². The van der Waals surface area contributed by atoms with E-state index in [2.05, 4.69) is 0 Å². The first-order chi connectivity index (χ1) is 10.0. The van der Waals surface area contributed by atoms with Crippen molar-refractivity contribution in [1.82, 2.24) is 3.97 Å². The maximum atomic E-state index is 12.7. The summed E-state index contributed by atoms with van der Waals surface area (Å²) in [5, 5.41) is 9.89. The highest BCUT2D eigenvalue weighted by molar-refractivity contribution is 7.90. The maximum absolute atomic E-state index is 12.7. The Hall–Kier alpha value is -2.29. The van der Waals surface area contributed by atoms with Gasteiger partial charge < -0.3 is 0 Å². The number of nitrogens with zero attached hydrogens (tertiary/aromatic N) is 2. The van der Waals surface area contributed by atoms with Gasteiger partial charge in [0.15, 0.2) is 0 Å². The molecule has 0 unspecified atom stereocenters. The van der Waals surface area contributed by atoms with Crippen molar-refractivity contribution < 1.29 is 8.42 Å². The molecule has 3 aromatic rings. The summed E-state index contributed by atoms with van der Waals surface area (Å²) in [7, 11) is -3.75. The van der Waals surface area contributed by atoms with Crippen molar-refractivity contribution in [3.8, 4) is 6.07 Å². The summed E-state index contributed by atoms with van der Waals surface area (Å²) in [5.74, 6) is 0. The summed E-state index contributed by atoms with van der Waals surface area (Å²) >= 11 is 6.10. The Morgan fingerprint density at radius 1 is 1.10 bits per heavy atom. The van der Waals surface area contributed by atoms with Gasteiger partial charge in [-0.25, -0.2) is 12.4 Å². The fourth-order valence-corrected chi connectivity index (χ4v) is 3.83. The molecule has 3 rings (SSSR count). The second kappa shape index (κ2) is 4.92. The number of nitriles is 1. The van der Waals surface area contributed by atoms with Crippen LogP contribution in [0.3, 0.4) is 0 Å². The van der Waals surface area contributed by atoms with Gasteiger partial charge in [0.1, 0.15) is 0 Å². The van der Waals surface area contributed by atoms with Gasteiger partial charge in [-0.05, 0) is 30.3 Å². The third-order valence-electron chi connectivity index (χ3n) is 3.15. The van der Waals surface area contributed by atoms with Crippen LogP contribution in [0.2, 0.25) is 5.02 Å². The molecule has 1 heterocycles. The van der Waals surface area contributed by atoms with Crippen LogP contribution in [-0.2, 0) is 10.0 Å². The monoisotopic (exact) mass is 316 g/mol. The predicted molar refractivity (Wildman–Crippen MR) is 80.7 cm³/mol. The van der Waals surface area contributed by atoms with Crippen LogP contribution in [0.15, 0.2) is 59.6 Å². The minimum atomic E-state index is -3.75. The van der Waals surface area contributed by atoms with Gasteiger partial charge in [-0.1, -0.05) is 29.8 Å². The lowest BCUT2D eigenvalue weighted by Gasteiger charge is -2.07.